The van der Waals surface area contributed by atoms with Crippen molar-refractivity contribution in [2.45, 2.75) is 94.2 Å². The second kappa shape index (κ2) is 22.5. The van der Waals surface area contributed by atoms with Crippen molar-refractivity contribution in [2.75, 3.05) is 0 Å². The first-order chi connectivity index (χ1) is 13.5. The fourth-order valence-electron chi connectivity index (χ4n) is 2.39. The van der Waals surface area contributed by atoms with Crippen LogP contribution in [0.2, 0.25) is 0 Å². The number of rotatable bonds is 8. The second-order valence-electron chi connectivity index (χ2n) is 7.94. The molecule has 0 fully saturated rings. The summed E-state index contributed by atoms with van der Waals surface area (Å²) in [5.41, 5.74) is 1.40. The van der Waals surface area contributed by atoms with Gasteiger partial charge in [-0.2, -0.15) is 18.4 Å². The molecule has 0 heterocycles. The molecular weight excluding hydrogens is 417 g/mol. The zero-order valence-electron chi connectivity index (χ0n) is 21.0. The summed E-state index contributed by atoms with van der Waals surface area (Å²) in [6.45, 7) is 27.1. The summed E-state index contributed by atoms with van der Waals surface area (Å²) in [7, 11) is 0. The van der Waals surface area contributed by atoms with Crippen molar-refractivity contribution in [3.05, 3.63) is 49.3 Å². The Morgan fingerprint density at radius 2 is 1.20 bits per heavy atom. The van der Waals surface area contributed by atoms with Crippen molar-refractivity contribution in [1.29, 1.82) is 0 Å². The van der Waals surface area contributed by atoms with Crippen LogP contribution in [0.4, 0.5) is 0 Å². The molecule has 0 radical (unpaired) electrons. The third-order valence-electron chi connectivity index (χ3n) is 3.62. The average Bonchev–Trinajstić information content (AvgIpc) is 2.58. The van der Waals surface area contributed by atoms with E-state index in [1.54, 1.807) is 12.2 Å². The van der Waals surface area contributed by atoms with E-state index in [-0.39, 0.29) is 46.3 Å². The zero-order chi connectivity index (χ0) is 23.6. The Morgan fingerprint density at radius 1 is 0.833 bits per heavy atom. The summed E-state index contributed by atoms with van der Waals surface area (Å²) >= 11 is 0. The van der Waals surface area contributed by atoms with E-state index in [0.717, 1.165) is 18.4 Å². The van der Waals surface area contributed by atoms with Crippen LogP contribution in [-0.4, -0.2) is 29.2 Å². The molecule has 0 aliphatic carbocycles. The van der Waals surface area contributed by atoms with Crippen LogP contribution >= 0.6 is 0 Å². The molecular formula is C26H46NNiO2-. The maximum absolute atomic E-state index is 12.8. The van der Waals surface area contributed by atoms with Crippen molar-refractivity contribution in [1.82, 2.24) is 4.90 Å². The summed E-state index contributed by atoms with van der Waals surface area (Å²) in [6.07, 6.45) is 11.2. The van der Waals surface area contributed by atoms with Crippen molar-refractivity contribution >= 4 is 12.2 Å². The van der Waals surface area contributed by atoms with Crippen LogP contribution in [0.3, 0.4) is 0 Å². The second-order valence-corrected chi connectivity index (χ2v) is 7.94. The Balaban J connectivity index is -0.000000428. The van der Waals surface area contributed by atoms with Crippen LogP contribution in [0.15, 0.2) is 35.5 Å². The summed E-state index contributed by atoms with van der Waals surface area (Å²) in [5.74, 6) is 0.354. The molecule has 0 spiro atoms. The topological polar surface area (TPSA) is 37.4 Å². The Labute approximate surface area is 198 Å². The van der Waals surface area contributed by atoms with Crippen LogP contribution in [0.25, 0.3) is 0 Å². The van der Waals surface area contributed by atoms with Gasteiger partial charge in [-0.3, -0.25) is 4.79 Å². The van der Waals surface area contributed by atoms with Gasteiger partial charge in [0.1, 0.15) is 0 Å². The van der Waals surface area contributed by atoms with Gasteiger partial charge < -0.3 is 23.5 Å². The van der Waals surface area contributed by atoms with Crippen molar-refractivity contribution in [2.24, 2.45) is 11.8 Å². The van der Waals surface area contributed by atoms with Gasteiger partial charge in [-0.25, -0.2) is 6.08 Å². The summed E-state index contributed by atoms with van der Waals surface area (Å²) in [5, 5.41) is 0. The number of carbonyl (C=O) groups excluding carboxylic acids is 2. The molecule has 0 rings (SSSR count). The molecule has 0 aromatic heterocycles. The number of allylic oxidation sites excluding steroid dienone is 5. The van der Waals surface area contributed by atoms with Crippen molar-refractivity contribution in [3.8, 4) is 0 Å². The SMILES string of the molecule is CC(C)\C([C-]=O)=C/C=C/C=C(/C(=O)N(C(C)C)C(C)C)C(C)C.[CH2-]CC.[CH2-]CC.[Ni+2]. The van der Waals surface area contributed by atoms with Crippen molar-refractivity contribution < 1.29 is 26.1 Å². The number of amides is 1. The van der Waals surface area contributed by atoms with E-state index in [1.807, 2.05) is 92.6 Å². The van der Waals surface area contributed by atoms with E-state index in [4.69, 9.17) is 0 Å². The molecule has 0 aromatic carbocycles. The van der Waals surface area contributed by atoms with Gasteiger partial charge in [0.15, 0.2) is 0 Å². The Morgan fingerprint density at radius 3 is 1.47 bits per heavy atom. The Bertz CT molecular complexity index is 505. The summed E-state index contributed by atoms with van der Waals surface area (Å²) < 4.78 is 0. The van der Waals surface area contributed by atoms with E-state index < -0.39 is 0 Å². The molecule has 0 atom stereocenters. The van der Waals surface area contributed by atoms with Crippen LogP contribution in [-0.2, 0) is 26.1 Å². The van der Waals surface area contributed by atoms with Gasteiger partial charge in [0, 0.05) is 17.7 Å². The van der Waals surface area contributed by atoms with E-state index in [9.17, 15) is 9.59 Å². The fraction of sp³-hybridized carbons (Fsp3) is 0.615. The van der Waals surface area contributed by atoms with Gasteiger partial charge in [0.2, 0.25) is 5.91 Å². The maximum atomic E-state index is 12.8. The molecule has 0 aromatic rings. The van der Waals surface area contributed by atoms with E-state index >= 15 is 0 Å². The summed E-state index contributed by atoms with van der Waals surface area (Å²) in [4.78, 5) is 25.5. The zero-order valence-corrected chi connectivity index (χ0v) is 22.0. The average molecular weight is 463 g/mol. The number of hydrogen-bond donors (Lipinski definition) is 0. The normalized spacial score (nSPS) is 11.7. The van der Waals surface area contributed by atoms with Crippen LogP contribution in [0, 0.1) is 25.7 Å². The third-order valence-corrected chi connectivity index (χ3v) is 3.62. The molecule has 4 heteroatoms. The first kappa shape index (κ1) is 36.2. The van der Waals surface area contributed by atoms with E-state index in [1.165, 1.54) is 0 Å². The first-order valence-electron chi connectivity index (χ1n) is 10.8. The van der Waals surface area contributed by atoms with Gasteiger partial charge in [-0.1, -0.05) is 59.6 Å². The van der Waals surface area contributed by atoms with E-state index in [0.29, 0.717) is 5.57 Å². The number of hydrogen-bond acceptors (Lipinski definition) is 2. The van der Waals surface area contributed by atoms with Crippen molar-refractivity contribution in [3.63, 3.8) is 0 Å². The first-order valence-corrected chi connectivity index (χ1v) is 10.8. The summed E-state index contributed by atoms with van der Waals surface area (Å²) in [6, 6.07) is 0.316. The molecule has 1 amide bonds. The molecule has 0 saturated heterocycles. The van der Waals surface area contributed by atoms with Gasteiger partial charge in [-0.15, -0.1) is 6.08 Å². The quantitative estimate of drug-likeness (QED) is 0.170. The minimum Gasteiger partial charge on any atom is -0.419 e. The fourth-order valence-corrected chi connectivity index (χ4v) is 2.39. The standard InChI is InChI=1S/C20H32NO2.2C3H7.Ni/c1-14(2)18(13-22)11-9-10-12-19(15(3)4)20(23)21(16(5)6)17(7)8;2*1-3-2;/h9-12,14-17H,1-8H3;2*1,3H2,2H3;/q3*-1;+2/b10-9+,18-11-,19-12+;;;. The van der Waals surface area contributed by atoms with E-state index in [2.05, 4.69) is 13.8 Å². The minimum atomic E-state index is 0. The predicted molar refractivity (Wildman–Crippen MR) is 129 cm³/mol. The molecule has 0 N–H and O–H groups in total. The molecule has 30 heavy (non-hydrogen) atoms. The Hall–Kier alpha value is -1.15. The van der Waals surface area contributed by atoms with Gasteiger partial charge in [0.05, 0.1) is 0 Å². The monoisotopic (exact) mass is 462 g/mol. The van der Waals surface area contributed by atoms with Crippen LogP contribution in [0.1, 0.15) is 82.1 Å². The largest absolute Gasteiger partial charge is 2.00 e. The molecule has 0 saturated carbocycles. The Kier molecular flexibility index (Phi) is 27.2. The van der Waals surface area contributed by atoms with Gasteiger partial charge >= 0.3 is 16.5 Å². The van der Waals surface area contributed by atoms with Crippen LogP contribution < -0.4 is 0 Å². The third kappa shape index (κ3) is 17.7. The maximum Gasteiger partial charge on any atom is 2.00 e. The van der Waals surface area contributed by atoms with Crippen LogP contribution in [0.5, 0.6) is 0 Å². The van der Waals surface area contributed by atoms with Gasteiger partial charge in [-0.05, 0) is 39.9 Å². The molecule has 178 valence electrons. The molecule has 3 nitrogen and oxygen atoms in total. The smallest absolute Gasteiger partial charge is 0.419 e. The predicted octanol–water partition coefficient (Wildman–Crippen LogP) is 6.92. The minimum absolute atomic E-state index is 0. The molecule has 0 aliphatic heterocycles. The molecule has 0 unspecified atom stereocenters. The molecule has 0 bridgehead atoms. The number of carbonyl (C=O) groups is 1. The van der Waals surface area contributed by atoms with Gasteiger partial charge in [0.25, 0.3) is 0 Å². The number of nitrogens with zero attached hydrogens (tertiary/aromatic N) is 1. The molecule has 0 aliphatic rings.